The number of methoxy groups -OCH3 is 1. The van der Waals surface area contributed by atoms with Gasteiger partial charge in [-0.1, -0.05) is 24.3 Å². The lowest BCUT2D eigenvalue weighted by Gasteiger charge is -2.39. The van der Waals surface area contributed by atoms with E-state index < -0.39 is 0 Å². The molecule has 1 atom stereocenters. The second kappa shape index (κ2) is 9.83. The Kier molecular flexibility index (Phi) is 6.71. The Morgan fingerprint density at radius 1 is 1.12 bits per heavy atom. The number of aromatic nitrogens is 1. The van der Waals surface area contributed by atoms with Gasteiger partial charge in [-0.3, -0.25) is 14.7 Å². The van der Waals surface area contributed by atoms with Crippen molar-refractivity contribution in [3.8, 4) is 5.75 Å². The number of nitrogens with zero attached hydrogens (tertiary/aromatic N) is 3. The number of ether oxygens (including phenoxy) is 1. The summed E-state index contributed by atoms with van der Waals surface area (Å²) in [5.41, 5.74) is 4.92. The maximum Gasteiger partial charge on any atom is 0.254 e. The van der Waals surface area contributed by atoms with Crippen LogP contribution in [0, 0.1) is 6.92 Å². The van der Waals surface area contributed by atoms with Crippen LogP contribution in [0.4, 0.5) is 5.69 Å². The largest absolute Gasteiger partial charge is 0.497 e. The summed E-state index contributed by atoms with van der Waals surface area (Å²) in [6, 6.07) is 20.0. The van der Waals surface area contributed by atoms with Crippen LogP contribution in [0.5, 0.6) is 5.75 Å². The molecule has 32 heavy (non-hydrogen) atoms. The third-order valence-corrected chi connectivity index (χ3v) is 6.11. The van der Waals surface area contributed by atoms with Gasteiger partial charge in [-0.25, -0.2) is 0 Å². The van der Waals surface area contributed by atoms with Crippen LogP contribution in [0.2, 0.25) is 0 Å². The Labute approximate surface area is 189 Å². The fourth-order valence-electron chi connectivity index (χ4n) is 4.06. The molecular formula is C26H30N4O2. The Morgan fingerprint density at radius 2 is 1.94 bits per heavy atom. The summed E-state index contributed by atoms with van der Waals surface area (Å²) in [5.74, 6) is 0.906. The van der Waals surface area contributed by atoms with E-state index in [1.807, 2.05) is 60.4 Å². The Morgan fingerprint density at radius 3 is 2.66 bits per heavy atom. The maximum atomic E-state index is 13.4. The molecule has 1 fully saturated rings. The van der Waals surface area contributed by atoms with Crippen molar-refractivity contribution in [2.75, 3.05) is 39.1 Å². The van der Waals surface area contributed by atoms with Gasteiger partial charge in [0, 0.05) is 37.1 Å². The van der Waals surface area contributed by atoms with E-state index in [1.54, 1.807) is 13.3 Å². The van der Waals surface area contributed by atoms with E-state index in [2.05, 4.69) is 34.4 Å². The van der Waals surface area contributed by atoms with Crippen LogP contribution < -0.4 is 10.1 Å². The fraction of sp³-hybridized carbons (Fsp3) is 0.308. The Bertz CT molecular complexity index is 1050. The number of hydrogen-bond acceptors (Lipinski definition) is 5. The van der Waals surface area contributed by atoms with Gasteiger partial charge in [0.05, 0.1) is 25.4 Å². The molecule has 1 aromatic heterocycles. The second-order valence-corrected chi connectivity index (χ2v) is 8.23. The predicted octanol–water partition coefficient (Wildman–Crippen LogP) is 4.14. The summed E-state index contributed by atoms with van der Waals surface area (Å²) in [5, 5.41) is 3.43. The zero-order valence-electron chi connectivity index (χ0n) is 18.9. The molecule has 2 aromatic carbocycles. The number of benzene rings is 2. The van der Waals surface area contributed by atoms with Crippen LogP contribution in [0.15, 0.2) is 66.9 Å². The molecule has 0 bridgehead atoms. The number of carbonyl (C=O) groups is 1. The molecule has 2 heterocycles. The van der Waals surface area contributed by atoms with Gasteiger partial charge in [0.2, 0.25) is 0 Å². The van der Waals surface area contributed by atoms with Gasteiger partial charge in [0.15, 0.2) is 0 Å². The Balaban J connectivity index is 1.48. The van der Waals surface area contributed by atoms with Crippen molar-refractivity contribution in [2.45, 2.75) is 19.5 Å². The number of rotatable bonds is 6. The number of nitrogens with one attached hydrogen (secondary N) is 1. The highest BCUT2D eigenvalue weighted by Crippen LogP contribution is 2.27. The van der Waals surface area contributed by atoms with Crippen molar-refractivity contribution in [1.82, 2.24) is 14.8 Å². The van der Waals surface area contributed by atoms with Gasteiger partial charge < -0.3 is 15.0 Å². The predicted molar refractivity (Wildman–Crippen MR) is 127 cm³/mol. The summed E-state index contributed by atoms with van der Waals surface area (Å²) in [4.78, 5) is 22.0. The van der Waals surface area contributed by atoms with Gasteiger partial charge in [-0.2, -0.15) is 0 Å². The zero-order chi connectivity index (χ0) is 22.5. The lowest BCUT2D eigenvalue weighted by atomic mass is 10.0. The van der Waals surface area contributed by atoms with Gasteiger partial charge >= 0.3 is 0 Å². The molecule has 0 saturated carbocycles. The van der Waals surface area contributed by atoms with Crippen LogP contribution in [0.25, 0.3) is 0 Å². The van der Waals surface area contributed by atoms with E-state index in [-0.39, 0.29) is 11.9 Å². The zero-order valence-corrected chi connectivity index (χ0v) is 18.9. The summed E-state index contributed by atoms with van der Waals surface area (Å²) in [6.45, 7) is 4.87. The second-order valence-electron chi connectivity index (χ2n) is 8.23. The molecule has 4 rings (SSSR count). The van der Waals surface area contributed by atoms with Crippen LogP contribution in [0.1, 0.15) is 33.2 Å². The molecule has 6 nitrogen and oxygen atoms in total. The molecule has 6 heteroatoms. The first-order chi connectivity index (χ1) is 15.5. The van der Waals surface area contributed by atoms with Crippen LogP contribution in [-0.2, 0) is 6.54 Å². The number of likely N-dealkylation sites (N-methyl/N-ethyl adjacent to an activating group) is 1. The van der Waals surface area contributed by atoms with Gasteiger partial charge in [0.25, 0.3) is 5.91 Å². The summed E-state index contributed by atoms with van der Waals surface area (Å²) in [7, 11) is 3.78. The number of aryl methyl sites for hydroxylation is 1. The summed E-state index contributed by atoms with van der Waals surface area (Å²) in [6.07, 6.45) is 1.79. The maximum absolute atomic E-state index is 13.4. The molecule has 1 aliphatic rings. The lowest BCUT2D eigenvalue weighted by Crippen LogP contribution is -2.49. The van der Waals surface area contributed by atoms with Crippen molar-refractivity contribution in [3.63, 3.8) is 0 Å². The molecule has 166 valence electrons. The smallest absolute Gasteiger partial charge is 0.254 e. The summed E-state index contributed by atoms with van der Waals surface area (Å²) < 4.78 is 5.28. The van der Waals surface area contributed by atoms with E-state index in [0.29, 0.717) is 25.2 Å². The number of piperazine rings is 1. The fourth-order valence-corrected chi connectivity index (χ4v) is 4.06. The third kappa shape index (κ3) is 4.92. The van der Waals surface area contributed by atoms with Gasteiger partial charge in [-0.15, -0.1) is 0 Å². The topological polar surface area (TPSA) is 57.7 Å². The minimum atomic E-state index is 0.0671. The normalized spacial score (nSPS) is 16.6. The van der Waals surface area contributed by atoms with Crippen LogP contribution in [-0.4, -0.2) is 54.5 Å². The van der Waals surface area contributed by atoms with Crippen LogP contribution in [0.3, 0.4) is 0 Å². The average Bonchev–Trinajstić information content (AvgIpc) is 2.84. The SMILES string of the molecule is COc1ccc(C2CN(C(=O)c3ccc(C)c(NCc4ccccn4)c3)CCN2C)cc1. The molecule has 0 aliphatic carbocycles. The minimum absolute atomic E-state index is 0.0671. The molecular weight excluding hydrogens is 400 g/mol. The number of amides is 1. The quantitative estimate of drug-likeness (QED) is 0.637. The van der Waals surface area contributed by atoms with Crippen molar-refractivity contribution in [2.24, 2.45) is 0 Å². The van der Waals surface area contributed by atoms with Gasteiger partial charge in [0.1, 0.15) is 5.75 Å². The van der Waals surface area contributed by atoms with E-state index >= 15 is 0 Å². The Hall–Kier alpha value is -3.38. The summed E-state index contributed by atoms with van der Waals surface area (Å²) >= 11 is 0. The highest BCUT2D eigenvalue weighted by Gasteiger charge is 2.29. The molecule has 1 N–H and O–H groups in total. The first kappa shape index (κ1) is 21.8. The standard InChI is InChI=1S/C26H30N4O2/c1-19-7-8-21(16-24(19)28-17-22-6-4-5-13-27-22)26(31)30-15-14-29(2)25(18-30)20-9-11-23(32-3)12-10-20/h4-13,16,25,28H,14-15,17-18H2,1-3H3. The van der Waals surface area contributed by atoms with Gasteiger partial charge in [-0.05, 0) is 61.5 Å². The minimum Gasteiger partial charge on any atom is -0.497 e. The number of carbonyl (C=O) groups excluding carboxylic acids is 1. The first-order valence-corrected chi connectivity index (χ1v) is 10.9. The van der Waals surface area contributed by atoms with Crippen molar-refractivity contribution in [1.29, 1.82) is 0 Å². The van der Waals surface area contributed by atoms with Crippen LogP contribution >= 0.6 is 0 Å². The number of anilines is 1. The van der Waals surface area contributed by atoms with Crippen molar-refractivity contribution in [3.05, 3.63) is 89.2 Å². The molecule has 1 aliphatic heterocycles. The third-order valence-electron chi connectivity index (χ3n) is 6.11. The molecule has 3 aromatic rings. The highest BCUT2D eigenvalue weighted by molar-refractivity contribution is 5.95. The first-order valence-electron chi connectivity index (χ1n) is 10.9. The number of pyridine rings is 1. The highest BCUT2D eigenvalue weighted by atomic mass is 16.5. The average molecular weight is 431 g/mol. The lowest BCUT2D eigenvalue weighted by molar-refractivity contribution is 0.0546. The van der Waals surface area contributed by atoms with E-state index in [9.17, 15) is 4.79 Å². The van der Waals surface area contributed by atoms with E-state index in [0.717, 1.165) is 29.2 Å². The monoisotopic (exact) mass is 430 g/mol. The molecule has 1 unspecified atom stereocenters. The van der Waals surface area contributed by atoms with Crippen molar-refractivity contribution >= 4 is 11.6 Å². The number of hydrogen-bond donors (Lipinski definition) is 1. The molecule has 1 amide bonds. The molecule has 0 spiro atoms. The van der Waals surface area contributed by atoms with E-state index in [1.165, 1.54) is 5.56 Å². The van der Waals surface area contributed by atoms with E-state index in [4.69, 9.17) is 4.74 Å². The van der Waals surface area contributed by atoms with Crippen molar-refractivity contribution < 1.29 is 9.53 Å². The molecule has 0 radical (unpaired) electrons. The molecule has 1 saturated heterocycles.